The van der Waals surface area contributed by atoms with Crippen LogP contribution in [-0.2, 0) is 14.3 Å². The first-order valence-electron chi connectivity index (χ1n) is 7.31. The summed E-state index contributed by atoms with van der Waals surface area (Å²) < 4.78 is 14.9. The third-order valence-corrected chi connectivity index (χ3v) is 3.16. The number of rotatable bonds is 10. The fourth-order valence-electron chi connectivity index (χ4n) is 1.92. The van der Waals surface area contributed by atoms with Gasteiger partial charge in [0, 0.05) is 18.7 Å². The number of carbonyl (C=O) groups is 2. The zero-order valence-corrected chi connectivity index (χ0v) is 13.5. The summed E-state index contributed by atoms with van der Waals surface area (Å²) in [7, 11) is 2.84. The van der Waals surface area contributed by atoms with E-state index in [0.717, 1.165) is 0 Å². The molecule has 1 amide bonds. The molecule has 7 heteroatoms. The van der Waals surface area contributed by atoms with Gasteiger partial charge in [0.15, 0.2) is 0 Å². The van der Waals surface area contributed by atoms with Gasteiger partial charge >= 0.3 is 5.97 Å². The number of aliphatic hydroxyl groups excluding tert-OH is 1. The lowest BCUT2D eigenvalue weighted by molar-refractivity contribution is -0.140. The van der Waals surface area contributed by atoms with Gasteiger partial charge in [0.1, 0.15) is 5.75 Å². The van der Waals surface area contributed by atoms with Crippen LogP contribution >= 0.6 is 0 Å². The van der Waals surface area contributed by atoms with E-state index in [1.165, 1.54) is 19.1 Å². The first-order chi connectivity index (χ1) is 11.1. The van der Waals surface area contributed by atoms with Crippen LogP contribution < -0.4 is 4.74 Å². The molecule has 0 unspecified atom stereocenters. The second-order valence-electron chi connectivity index (χ2n) is 4.69. The quantitative estimate of drug-likeness (QED) is 0.504. The molecule has 0 aliphatic rings. The summed E-state index contributed by atoms with van der Waals surface area (Å²) >= 11 is 0. The van der Waals surface area contributed by atoms with Crippen LogP contribution in [0.2, 0.25) is 0 Å². The number of ether oxygens (including phenoxy) is 3. The largest absolute Gasteiger partial charge is 0.497 e. The van der Waals surface area contributed by atoms with Crippen LogP contribution in [-0.4, -0.2) is 69.0 Å². The molecule has 128 valence electrons. The summed E-state index contributed by atoms with van der Waals surface area (Å²) in [5, 5.41) is 8.70. The number of amides is 1. The number of carbonyl (C=O) groups excluding carboxylic acids is 2. The standard InChI is InChI=1S/C16H23NO6/c1-21-14-5-3-4-13(12-14)16(20)17(7-6-15(19)22-2)8-10-23-11-9-18/h3-5,12,18H,6-11H2,1-2H3. The van der Waals surface area contributed by atoms with E-state index in [9.17, 15) is 9.59 Å². The second kappa shape index (κ2) is 10.6. The second-order valence-corrected chi connectivity index (χ2v) is 4.69. The van der Waals surface area contributed by atoms with E-state index in [1.54, 1.807) is 24.3 Å². The average molecular weight is 325 g/mol. The van der Waals surface area contributed by atoms with Crippen molar-refractivity contribution < 1.29 is 28.9 Å². The minimum absolute atomic E-state index is 0.0774. The van der Waals surface area contributed by atoms with E-state index in [2.05, 4.69) is 4.74 Å². The molecule has 0 atom stereocenters. The van der Waals surface area contributed by atoms with E-state index in [4.69, 9.17) is 14.6 Å². The van der Waals surface area contributed by atoms with Crippen molar-refractivity contribution in [3.63, 3.8) is 0 Å². The number of benzene rings is 1. The van der Waals surface area contributed by atoms with Gasteiger partial charge in [-0.25, -0.2) is 0 Å². The number of esters is 1. The van der Waals surface area contributed by atoms with E-state index >= 15 is 0 Å². The van der Waals surface area contributed by atoms with E-state index in [-0.39, 0.29) is 44.7 Å². The van der Waals surface area contributed by atoms with Gasteiger partial charge in [-0.2, -0.15) is 0 Å². The molecule has 1 rings (SSSR count). The van der Waals surface area contributed by atoms with Crippen molar-refractivity contribution in [3.8, 4) is 5.75 Å². The van der Waals surface area contributed by atoms with Crippen molar-refractivity contribution in [2.75, 3.05) is 47.1 Å². The molecule has 0 spiro atoms. The Balaban J connectivity index is 2.74. The summed E-state index contributed by atoms with van der Waals surface area (Å²) in [5.74, 6) is -0.0228. The van der Waals surface area contributed by atoms with Gasteiger partial charge in [0.25, 0.3) is 5.91 Å². The monoisotopic (exact) mass is 325 g/mol. The van der Waals surface area contributed by atoms with Crippen LogP contribution in [0.1, 0.15) is 16.8 Å². The van der Waals surface area contributed by atoms with Crippen LogP contribution in [0.3, 0.4) is 0 Å². The first kappa shape index (κ1) is 18.9. The first-order valence-corrected chi connectivity index (χ1v) is 7.31. The normalized spacial score (nSPS) is 10.2. The molecule has 23 heavy (non-hydrogen) atoms. The number of hydrogen-bond donors (Lipinski definition) is 1. The Morgan fingerprint density at radius 2 is 1.96 bits per heavy atom. The lowest BCUT2D eigenvalue weighted by atomic mass is 10.2. The smallest absolute Gasteiger partial charge is 0.307 e. The van der Waals surface area contributed by atoms with Crippen molar-refractivity contribution in [1.82, 2.24) is 4.90 Å². The van der Waals surface area contributed by atoms with Gasteiger partial charge in [-0.1, -0.05) is 6.07 Å². The Labute approximate surface area is 135 Å². The Hall–Kier alpha value is -2.12. The Kier molecular flexibility index (Phi) is 8.71. The topological polar surface area (TPSA) is 85.3 Å². The van der Waals surface area contributed by atoms with Crippen LogP contribution in [0.25, 0.3) is 0 Å². The van der Waals surface area contributed by atoms with Crippen molar-refractivity contribution in [2.24, 2.45) is 0 Å². The molecule has 1 N–H and O–H groups in total. The van der Waals surface area contributed by atoms with Crippen LogP contribution in [0.15, 0.2) is 24.3 Å². The molecule has 0 saturated carbocycles. The number of aliphatic hydroxyl groups is 1. The number of nitrogens with zero attached hydrogens (tertiary/aromatic N) is 1. The molecular weight excluding hydrogens is 302 g/mol. The van der Waals surface area contributed by atoms with Gasteiger partial charge in [-0.3, -0.25) is 9.59 Å². The summed E-state index contributed by atoms with van der Waals surface area (Å²) in [4.78, 5) is 25.4. The number of methoxy groups -OCH3 is 2. The predicted molar refractivity (Wildman–Crippen MR) is 83.4 cm³/mol. The number of hydrogen-bond acceptors (Lipinski definition) is 6. The molecule has 0 radical (unpaired) electrons. The maximum Gasteiger partial charge on any atom is 0.307 e. The van der Waals surface area contributed by atoms with Crippen LogP contribution in [0, 0.1) is 0 Å². The molecule has 0 saturated heterocycles. The molecule has 0 aromatic heterocycles. The fourth-order valence-corrected chi connectivity index (χ4v) is 1.92. The third-order valence-electron chi connectivity index (χ3n) is 3.16. The van der Waals surface area contributed by atoms with Crippen molar-refractivity contribution >= 4 is 11.9 Å². The third kappa shape index (κ3) is 6.66. The van der Waals surface area contributed by atoms with Crippen molar-refractivity contribution in [2.45, 2.75) is 6.42 Å². The van der Waals surface area contributed by atoms with Gasteiger partial charge in [0.05, 0.1) is 40.5 Å². The highest BCUT2D eigenvalue weighted by molar-refractivity contribution is 5.94. The maximum atomic E-state index is 12.6. The average Bonchev–Trinajstić information content (AvgIpc) is 2.60. The van der Waals surface area contributed by atoms with Gasteiger partial charge in [0.2, 0.25) is 0 Å². The molecular formula is C16H23NO6. The lowest BCUT2D eigenvalue weighted by Gasteiger charge is -2.22. The van der Waals surface area contributed by atoms with Gasteiger partial charge in [-0.15, -0.1) is 0 Å². The van der Waals surface area contributed by atoms with Crippen molar-refractivity contribution in [1.29, 1.82) is 0 Å². The molecule has 0 aliphatic carbocycles. The Morgan fingerprint density at radius 3 is 2.61 bits per heavy atom. The highest BCUT2D eigenvalue weighted by atomic mass is 16.5. The highest BCUT2D eigenvalue weighted by Gasteiger charge is 2.17. The molecule has 0 heterocycles. The molecule has 7 nitrogen and oxygen atoms in total. The Morgan fingerprint density at radius 1 is 1.17 bits per heavy atom. The summed E-state index contributed by atoms with van der Waals surface area (Å²) in [5.41, 5.74) is 0.469. The van der Waals surface area contributed by atoms with Crippen LogP contribution in [0.4, 0.5) is 0 Å². The molecule has 0 fully saturated rings. The zero-order chi connectivity index (χ0) is 17.1. The zero-order valence-electron chi connectivity index (χ0n) is 13.5. The SMILES string of the molecule is COC(=O)CCN(CCOCCO)C(=O)c1cccc(OC)c1. The summed E-state index contributed by atoms with van der Waals surface area (Å²) in [6.07, 6.45) is 0.103. The molecule has 1 aromatic rings. The summed E-state index contributed by atoms with van der Waals surface area (Å²) in [6.45, 7) is 0.944. The fraction of sp³-hybridized carbons (Fsp3) is 0.500. The minimum atomic E-state index is -0.385. The summed E-state index contributed by atoms with van der Waals surface area (Å²) in [6, 6.07) is 6.80. The molecule has 0 bridgehead atoms. The predicted octanol–water partition coefficient (Wildman–Crippen LogP) is 0.709. The van der Waals surface area contributed by atoms with E-state index in [0.29, 0.717) is 17.9 Å². The van der Waals surface area contributed by atoms with E-state index < -0.39 is 0 Å². The lowest BCUT2D eigenvalue weighted by Crippen LogP contribution is -2.36. The highest BCUT2D eigenvalue weighted by Crippen LogP contribution is 2.14. The minimum Gasteiger partial charge on any atom is -0.497 e. The van der Waals surface area contributed by atoms with E-state index in [1.807, 2.05) is 0 Å². The Bertz CT molecular complexity index is 505. The van der Waals surface area contributed by atoms with Gasteiger partial charge < -0.3 is 24.2 Å². The van der Waals surface area contributed by atoms with Gasteiger partial charge in [-0.05, 0) is 18.2 Å². The molecule has 1 aromatic carbocycles. The van der Waals surface area contributed by atoms with Crippen LogP contribution in [0.5, 0.6) is 5.75 Å². The van der Waals surface area contributed by atoms with Crippen molar-refractivity contribution in [3.05, 3.63) is 29.8 Å². The maximum absolute atomic E-state index is 12.6. The molecule has 0 aliphatic heterocycles.